The first kappa shape index (κ1) is 19.8. The summed E-state index contributed by atoms with van der Waals surface area (Å²) in [5.74, 6) is -0.305. The lowest BCUT2D eigenvalue weighted by Gasteiger charge is -2.12. The van der Waals surface area contributed by atoms with Crippen molar-refractivity contribution in [2.45, 2.75) is 27.4 Å². The molecule has 1 aliphatic rings. The van der Waals surface area contributed by atoms with E-state index in [1.165, 1.54) is 5.01 Å². The predicted molar refractivity (Wildman–Crippen MR) is 113 cm³/mol. The molecule has 0 fully saturated rings. The molecule has 0 spiro atoms. The number of fused-ring (bicyclic) bond motifs is 1. The highest BCUT2D eigenvalue weighted by molar-refractivity contribution is 6.07. The Balaban J connectivity index is 1.79. The minimum atomic E-state index is -0.305. The number of H-pyrrole nitrogens is 1. The van der Waals surface area contributed by atoms with Gasteiger partial charge in [0.2, 0.25) is 0 Å². The van der Waals surface area contributed by atoms with Gasteiger partial charge in [-0.25, -0.2) is 4.89 Å². The van der Waals surface area contributed by atoms with Crippen LogP contribution >= 0.6 is 0 Å². The number of aryl methyl sites for hydroxylation is 2. The lowest BCUT2D eigenvalue weighted by Crippen LogP contribution is -2.38. The number of aromatic amines is 1. The van der Waals surface area contributed by atoms with Crippen LogP contribution in [-0.2, 0) is 11.5 Å². The van der Waals surface area contributed by atoms with Gasteiger partial charge in [-0.05, 0) is 61.2 Å². The van der Waals surface area contributed by atoms with Gasteiger partial charge in [0.05, 0.1) is 11.3 Å². The van der Waals surface area contributed by atoms with E-state index in [0.717, 1.165) is 22.3 Å². The Morgan fingerprint density at radius 2 is 1.83 bits per heavy atom. The first-order chi connectivity index (χ1) is 14.4. The van der Waals surface area contributed by atoms with Crippen molar-refractivity contribution in [2.24, 2.45) is 5.10 Å². The van der Waals surface area contributed by atoms with E-state index in [0.29, 0.717) is 22.0 Å². The molecule has 7 heteroatoms. The molecule has 2 heterocycles. The number of carbonyl (C=O) groups excluding carboxylic acids is 1. The minimum Gasteiger partial charge on any atom is -0.304 e. The second-order valence-electron chi connectivity index (χ2n) is 7.38. The number of pyridine rings is 1. The summed E-state index contributed by atoms with van der Waals surface area (Å²) in [6.45, 7) is 5.82. The molecule has 1 aromatic heterocycles. The molecule has 0 atom stereocenters. The van der Waals surface area contributed by atoms with Gasteiger partial charge in [0.1, 0.15) is 6.61 Å². The number of aromatic nitrogens is 1. The lowest BCUT2D eigenvalue weighted by atomic mass is 10.0. The Bertz CT molecular complexity index is 1320. The molecule has 4 rings (SSSR count). The quantitative estimate of drug-likeness (QED) is 0.516. The third-order valence-electron chi connectivity index (χ3n) is 5.24. The summed E-state index contributed by atoms with van der Waals surface area (Å²) in [4.78, 5) is 32.7. The number of hydrogen-bond donors (Lipinski definition) is 2. The van der Waals surface area contributed by atoms with Crippen LogP contribution in [0.5, 0.6) is 0 Å². The minimum absolute atomic E-state index is 0.0512. The average Bonchev–Trinajstić information content (AvgIpc) is 3.03. The summed E-state index contributed by atoms with van der Waals surface area (Å²) in [5.41, 5.74) is 5.37. The molecule has 0 unspecified atom stereocenters. The first-order valence-corrected chi connectivity index (χ1v) is 9.49. The van der Waals surface area contributed by atoms with Crippen molar-refractivity contribution in [3.8, 4) is 0 Å². The van der Waals surface area contributed by atoms with E-state index >= 15 is 0 Å². The van der Waals surface area contributed by atoms with Gasteiger partial charge in [0, 0.05) is 5.22 Å². The molecule has 1 amide bonds. The van der Waals surface area contributed by atoms with Crippen LogP contribution in [0.3, 0.4) is 0 Å². The van der Waals surface area contributed by atoms with Crippen LogP contribution in [0.2, 0.25) is 0 Å². The first-order valence-electron chi connectivity index (χ1n) is 9.49. The molecule has 2 aromatic carbocycles. The smallest absolute Gasteiger partial charge is 0.282 e. The van der Waals surface area contributed by atoms with Crippen molar-refractivity contribution < 1.29 is 14.9 Å². The van der Waals surface area contributed by atoms with E-state index in [1.54, 1.807) is 31.2 Å². The highest BCUT2D eigenvalue weighted by Gasteiger charge is 2.28. The van der Waals surface area contributed by atoms with Gasteiger partial charge in [0.15, 0.2) is 5.49 Å². The summed E-state index contributed by atoms with van der Waals surface area (Å²) in [5, 5.41) is 14.6. The number of nitrogens with zero attached hydrogens (tertiary/aromatic N) is 2. The highest BCUT2D eigenvalue weighted by atomic mass is 17.1. The van der Waals surface area contributed by atoms with Gasteiger partial charge in [-0.3, -0.25) is 14.8 Å². The van der Waals surface area contributed by atoms with Crippen LogP contribution in [0.15, 0.2) is 52.4 Å². The zero-order chi connectivity index (χ0) is 21.4. The molecule has 0 aliphatic carbocycles. The summed E-state index contributed by atoms with van der Waals surface area (Å²) < 4.78 is 0. The molecule has 152 valence electrons. The molecule has 0 radical (unpaired) electrons. The lowest BCUT2D eigenvalue weighted by molar-refractivity contribution is -0.253. The highest BCUT2D eigenvalue weighted by Crippen LogP contribution is 2.21. The molecule has 30 heavy (non-hydrogen) atoms. The summed E-state index contributed by atoms with van der Waals surface area (Å²) >= 11 is 0. The van der Waals surface area contributed by atoms with Crippen molar-refractivity contribution in [2.75, 3.05) is 5.01 Å². The standard InChI is InChI=1S/C23H21N3O4/c1-13-4-7-17(14(2)10-13)11-19-15(3)20-21(24-22(19)27)25-26(23(20)28)18-8-5-16(6-9-18)12-30-29/h4-11,29H,12H2,1-3H3,(H,24,25,27)/b19-11-. The van der Waals surface area contributed by atoms with Crippen molar-refractivity contribution in [1.82, 2.24) is 4.98 Å². The second kappa shape index (κ2) is 7.70. The zero-order valence-corrected chi connectivity index (χ0v) is 16.9. The Kier molecular flexibility index (Phi) is 5.07. The second-order valence-corrected chi connectivity index (χ2v) is 7.38. The van der Waals surface area contributed by atoms with Gasteiger partial charge >= 0.3 is 0 Å². The Morgan fingerprint density at radius 3 is 2.50 bits per heavy atom. The molecular weight excluding hydrogens is 382 g/mol. The number of rotatable bonds is 4. The Morgan fingerprint density at radius 1 is 1.10 bits per heavy atom. The fourth-order valence-electron chi connectivity index (χ4n) is 3.61. The Labute approximate surface area is 172 Å². The zero-order valence-electron chi connectivity index (χ0n) is 16.9. The Hall–Kier alpha value is -3.55. The largest absolute Gasteiger partial charge is 0.304 e. The van der Waals surface area contributed by atoms with Gasteiger partial charge in [-0.15, -0.1) is 5.10 Å². The molecule has 2 N–H and O–H groups in total. The topological polar surface area (TPSA) is 95.0 Å². The van der Waals surface area contributed by atoms with E-state index in [2.05, 4.69) is 21.0 Å². The van der Waals surface area contributed by atoms with E-state index in [-0.39, 0.29) is 23.6 Å². The average molecular weight is 403 g/mol. The van der Waals surface area contributed by atoms with Crippen molar-refractivity contribution >= 4 is 17.7 Å². The number of hydrogen-bond acceptors (Lipinski definition) is 5. The molecule has 0 saturated carbocycles. The van der Waals surface area contributed by atoms with Crippen LogP contribution in [0.1, 0.15) is 38.2 Å². The van der Waals surface area contributed by atoms with Gasteiger partial charge in [-0.2, -0.15) is 5.01 Å². The van der Waals surface area contributed by atoms with E-state index in [4.69, 9.17) is 5.26 Å². The summed E-state index contributed by atoms with van der Waals surface area (Å²) in [6, 6.07) is 12.9. The van der Waals surface area contributed by atoms with Crippen LogP contribution < -0.4 is 21.3 Å². The van der Waals surface area contributed by atoms with E-state index < -0.39 is 0 Å². The van der Waals surface area contributed by atoms with Crippen molar-refractivity contribution in [3.05, 3.63) is 96.9 Å². The number of benzene rings is 2. The number of anilines is 1. The van der Waals surface area contributed by atoms with Crippen LogP contribution in [0, 0.1) is 20.8 Å². The SMILES string of the molecule is Cc1ccc(/C=c2/c(C)c3c([nH]c2=O)=NN(c2ccc(COO)cc2)C3=O)c(C)c1. The maximum atomic E-state index is 13.1. The van der Waals surface area contributed by atoms with Gasteiger partial charge in [-0.1, -0.05) is 35.9 Å². The monoisotopic (exact) mass is 403 g/mol. The third kappa shape index (κ3) is 3.45. The van der Waals surface area contributed by atoms with Gasteiger partial charge in [0.25, 0.3) is 11.5 Å². The van der Waals surface area contributed by atoms with Crippen molar-refractivity contribution in [1.29, 1.82) is 0 Å². The fourth-order valence-corrected chi connectivity index (χ4v) is 3.61. The van der Waals surface area contributed by atoms with Gasteiger partial charge < -0.3 is 4.98 Å². The fraction of sp³-hybridized carbons (Fsp3) is 0.174. The normalized spacial score (nSPS) is 13.5. The molecule has 1 aliphatic heterocycles. The number of carbonyl (C=O) groups is 1. The molecule has 0 saturated heterocycles. The van der Waals surface area contributed by atoms with Crippen LogP contribution in [-0.4, -0.2) is 16.1 Å². The van der Waals surface area contributed by atoms with E-state index in [1.807, 2.05) is 32.1 Å². The third-order valence-corrected chi connectivity index (χ3v) is 5.24. The van der Waals surface area contributed by atoms with Crippen LogP contribution in [0.4, 0.5) is 5.69 Å². The number of amides is 1. The predicted octanol–water partition coefficient (Wildman–Crippen LogP) is 2.31. The molecule has 0 bridgehead atoms. The van der Waals surface area contributed by atoms with Crippen molar-refractivity contribution in [3.63, 3.8) is 0 Å². The van der Waals surface area contributed by atoms with Crippen LogP contribution in [0.25, 0.3) is 6.08 Å². The number of nitrogens with one attached hydrogen (secondary N) is 1. The summed E-state index contributed by atoms with van der Waals surface area (Å²) in [6.07, 6.45) is 1.81. The van der Waals surface area contributed by atoms with E-state index in [9.17, 15) is 9.59 Å². The molecule has 7 nitrogen and oxygen atoms in total. The molecular formula is C23H21N3O4. The maximum Gasteiger partial charge on any atom is 0.282 e. The maximum absolute atomic E-state index is 13.1. The molecule has 3 aromatic rings. The summed E-state index contributed by atoms with van der Waals surface area (Å²) in [7, 11) is 0.